The molecule has 0 aliphatic carbocycles. The summed E-state index contributed by atoms with van der Waals surface area (Å²) in [6.07, 6.45) is 2.13. The van der Waals surface area contributed by atoms with Gasteiger partial charge in [0.15, 0.2) is 0 Å². The fourth-order valence-electron chi connectivity index (χ4n) is 2.29. The third-order valence-corrected chi connectivity index (χ3v) is 5.36. The van der Waals surface area contributed by atoms with Crippen molar-refractivity contribution in [1.82, 2.24) is 15.4 Å². The summed E-state index contributed by atoms with van der Waals surface area (Å²) in [5.74, 6) is -0.134. The van der Waals surface area contributed by atoms with Gasteiger partial charge in [-0.3, -0.25) is 4.79 Å². The lowest BCUT2D eigenvalue weighted by Gasteiger charge is -2.23. The fraction of sp³-hybridized carbons (Fsp3) is 0.500. The van der Waals surface area contributed by atoms with E-state index in [2.05, 4.69) is 31.3 Å². The van der Waals surface area contributed by atoms with Crippen molar-refractivity contribution < 1.29 is 13.2 Å². The number of nitrogens with one attached hydrogen (secondary N) is 3. The number of hydrogen-bond acceptors (Lipinski definition) is 4. The average Bonchev–Trinajstić information content (AvgIpc) is 2.48. The maximum Gasteiger partial charge on any atom is 0.240 e. The van der Waals surface area contributed by atoms with Crippen LogP contribution in [0.5, 0.6) is 0 Å². The highest BCUT2D eigenvalue weighted by atomic mass is 79.9. The van der Waals surface area contributed by atoms with E-state index in [1.165, 1.54) is 12.1 Å². The van der Waals surface area contributed by atoms with Gasteiger partial charge in [-0.05, 0) is 37.6 Å². The lowest BCUT2D eigenvalue weighted by Crippen LogP contribution is -2.46. The van der Waals surface area contributed by atoms with Crippen molar-refractivity contribution in [2.24, 2.45) is 0 Å². The molecule has 1 unspecified atom stereocenters. The molecule has 1 atom stereocenters. The standard InChI is InChI=1S/C14H20BrN3O3S.ClH/c15-11-3-1-5-13(9-11)22(20,21)17-8-6-14(19)18-12-4-2-7-16-10-12;/h1,3,5,9,12,16-17H,2,4,6-8,10H2,(H,18,19);1H. The monoisotopic (exact) mass is 425 g/mol. The number of carbonyl (C=O) groups is 1. The Hall–Kier alpha value is -0.670. The van der Waals surface area contributed by atoms with Gasteiger partial charge in [0.2, 0.25) is 15.9 Å². The fourth-order valence-corrected chi connectivity index (χ4v) is 3.92. The number of carbonyl (C=O) groups excluding carboxylic acids is 1. The van der Waals surface area contributed by atoms with E-state index in [0.717, 1.165) is 25.9 Å². The molecule has 0 aromatic heterocycles. The summed E-state index contributed by atoms with van der Waals surface area (Å²) in [4.78, 5) is 12.0. The van der Waals surface area contributed by atoms with Crippen LogP contribution in [0.4, 0.5) is 0 Å². The van der Waals surface area contributed by atoms with Gasteiger partial charge >= 0.3 is 0 Å². The van der Waals surface area contributed by atoms with E-state index in [1.54, 1.807) is 12.1 Å². The normalized spacial score (nSPS) is 18.0. The van der Waals surface area contributed by atoms with Crippen molar-refractivity contribution in [3.05, 3.63) is 28.7 Å². The Morgan fingerprint density at radius 1 is 1.39 bits per heavy atom. The molecule has 1 aliphatic rings. The first-order chi connectivity index (χ1) is 10.5. The second-order valence-corrected chi connectivity index (χ2v) is 7.90. The van der Waals surface area contributed by atoms with Crippen molar-refractivity contribution >= 4 is 44.3 Å². The Morgan fingerprint density at radius 2 is 2.17 bits per heavy atom. The molecule has 0 saturated carbocycles. The van der Waals surface area contributed by atoms with Gasteiger partial charge in [-0.1, -0.05) is 22.0 Å². The topological polar surface area (TPSA) is 87.3 Å². The molecule has 0 bridgehead atoms. The Balaban J connectivity index is 0.00000264. The van der Waals surface area contributed by atoms with Gasteiger partial charge in [-0.15, -0.1) is 12.4 Å². The molecular weight excluding hydrogens is 406 g/mol. The first-order valence-corrected chi connectivity index (χ1v) is 9.50. The summed E-state index contributed by atoms with van der Waals surface area (Å²) in [6.45, 7) is 1.84. The van der Waals surface area contributed by atoms with Gasteiger partial charge in [0, 0.05) is 30.0 Å². The van der Waals surface area contributed by atoms with Crippen LogP contribution in [-0.4, -0.2) is 40.0 Å². The number of piperidine rings is 1. The molecule has 2 rings (SSSR count). The van der Waals surface area contributed by atoms with E-state index >= 15 is 0 Å². The lowest BCUT2D eigenvalue weighted by molar-refractivity contribution is -0.121. The van der Waals surface area contributed by atoms with Crippen LogP contribution >= 0.6 is 28.3 Å². The SMILES string of the molecule is Cl.O=C(CCNS(=O)(=O)c1cccc(Br)c1)NC1CCCNC1. The second kappa shape index (κ2) is 9.58. The van der Waals surface area contributed by atoms with E-state index in [9.17, 15) is 13.2 Å². The first kappa shape index (κ1) is 20.4. The maximum atomic E-state index is 12.1. The Kier molecular flexibility index (Phi) is 8.49. The summed E-state index contributed by atoms with van der Waals surface area (Å²) >= 11 is 3.24. The van der Waals surface area contributed by atoms with E-state index in [-0.39, 0.29) is 42.2 Å². The van der Waals surface area contributed by atoms with Gasteiger partial charge in [-0.2, -0.15) is 0 Å². The molecule has 0 radical (unpaired) electrons. The molecule has 1 saturated heterocycles. The molecule has 1 heterocycles. The molecule has 1 aliphatic heterocycles. The molecule has 6 nitrogen and oxygen atoms in total. The number of sulfonamides is 1. The average molecular weight is 427 g/mol. The van der Waals surface area contributed by atoms with E-state index in [4.69, 9.17) is 0 Å². The van der Waals surface area contributed by atoms with Crippen LogP contribution < -0.4 is 15.4 Å². The van der Waals surface area contributed by atoms with Crippen LogP contribution in [0, 0.1) is 0 Å². The predicted octanol–water partition coefficient (Wildman–Crippen LogP) is 1.41. The minimum atomic E-state index is -3.58. The predicted molar refractivity (Wildman–Crippen MR) is 95.2 cm³/mol. The zero-order valence-electron chi connectivity index (χ0n) is 12.5. The van der Waals surface area contributed by atoms with E-state index in [1.807, 2.05) is 0 Å². The highest BCUT2D eigenvalue weighted by Crippen LogP contribution is 2.15. The van der Waals surface area contributed by atoms with Crippen molar-refractivity contribution in [1.29, 1.82) is 0 Å². The van der Waals surface area contributed by atoms with Crippen molar-refractivity contribution in [3.8, 4) is 0 Å². The molecule has 1 aromatic carbocycles. The smallest absolute Gasteiger partial charge is 0.240 e. The Labute approximate surface area is 151 Å². The second-order valence-electron chi connectivity index (χ2n) is 5.22. The van der Waals surface area contributed by atoms with Gasteiger partial charge in [0.05, 0.1) is 4.90 Å². The maximum absolute atomic E-state index is 12.1. The molecule has 9 heteroatoms. The third kappa shape index (κ3) is 6.76. The molecule has 1 amide bonds. The van der Waals surface area contributed by atoms with Crippen LogP contribution in [0.1, 0.15) is 19.3 Å². The number of benzene rings is 1. The number of amides is 1. The molecule has 23 heavy (non-hydrogen) atoms. The zero-order valence-corrected chi connectivity index (χ0v) is 15.8. The number of halogens is 2. The number of hydrogen-bond donors (Lipinski definition) is 3. The summed E-state index contributed by atoms with van der Waals surface area (Å²) in [5, 5.41) is 6.13. The summed E-state index contributed by atoms with van der Waals surface area (Å²) in [7, 11) is -3.58. The van der Waals surface area contributed by atoms with E-state index < -0.39 is 10.0 Å². The minimum absolute atomic E-state index is 0. The lowest BCUT2D eigenvalue weighted by atomic mass is 10.1. The number of rotatable bonds is 6. The van der Waals surface area contributed by atoms with E-state index in [0.29, 0.717) is 4.47 Å². The molecule has 1 aromatic rings. The van der Waals surface area contributed by atoms with Gasteiger partial charge < -0.3 is 10.6 Å². The summed E-state index contributed by atoms with van der Waals surface area (Å²) in [5.41, 5.74) is 0. The van der Waals surface area contributed by atoms with Gasteiger partial charge in [-0.25, -0.2) is 13.1 Å². The quantitative estimate of drug-likeness (QED) is 0.642. The molecule has 3 N–H and O–H groups in total. The van der Waals surface area contributed by atoms with Crippen LogP contribution in [-0.2, 0) is 14.8 Å². The zero-order chi connectivity index (χ0) is 16.0. The highest BCUT2D eigenvalue weighted by molar-refractivity contribution is 9.10. The molecular formula is C14H21BrClN3O3S. The Bertz CT molecular complexity index is 621. The summed E-state index contributed by atoms with van der Waals surface area (Å²) < 4.78 is 27.3. The molecule has 1 fully saturated rings. The molecule has 130 valence electrons. The van der Waals surface area contributed by atoms with Crippen LogP contribution in [0.15, 0.2) is 33.6 Å². The van der Waals surface area contributed by atoms with Crippen molar-refractivity contribution in [2.45, 2.75) is 30.2 Å². The van der Waals surface area contributed by atoms with Crippen LogP contribution in [0.25, 0.3) is 0 Å². The highest BCUT2D eigenvalue weighted by Gasteiger charge is 2.17. The third-order valence-electron chi connectivity index (χ3n) is 3.41. The van der Waals surface area contributed by atoms with Crippen molar-refractivity contribution in [2.75, 3.05) is 19.6 Å². The molecule has 0 spiro atoms. The largest absolute Gasteiger partial charge is 0.352 e. The van der Waals surface area contributed by atoms with Crippen LogP contribution in [0.2, 0.25) is 0 Å². The Morgan fingerprint density at radius 3 is 2.83 bits per heavy atom. The minimum Gasteiger partial charge on any atom is -0.352 e. The van der Waals surface area contributed by atoms with Crippen molar-refractivity contribution in [3.63, 3.8) is 0 Å². The van der Waals surface area contributed by atoms with Gasteiger partial charge in [0.1, 0.15) is 0 Å². The first-order valence-electron chi connectivity index (χ1n) is 7.23. The summed E-state index contributed by atoms with van der Waals surface area (Å²) in [6, 6.07) is 6.59. The van der Waals surface area contributed by atoms with Gasteiger partial charge in [0.25, 0.3) is 0 Å². The van der Waals surface area contributed by atoms with Crippen LogP contribution in [0.3, 0.4) is 0 Å².